The molecule has 13 heavy (non-hydrogen) atoms. The van der Waals surface area contributed by atoms with Crippen LogP contribution in [0, 0.1) is 0 Å². The number of aliphatic hydroxyl groups is 1. The molecule has 4 nitrogen and oxygen atoms in total. The molecule has 4 heteroatoms. The number of rotatable bonds is 7. The molecular formula is C9H22N2O2. The van der Waals surface area contributed by atoms with Gasteiger partial charge >= 0.3 is 0 Å². The molecule has 0 aromatic rings. The summed E-state index contributed by atoms with van der Waals surface area (Å²) in [5.41, 5.74) is 5.42. The van der Waals surface area contributed by atoms with E-state index in [0.717, 1.165) is 6.42 Å². The summed E-state index contributed by atoms with van der Waals surface area (Å²) in [4.78, 5) is 0. The molecule has 80 valence electrons. The molecule has 0 aliphatic carbocycles. The van der Waals surface area contributed by atoms with E-state index in [1.165, 1.54) is 0 Å². The van der Waals surface area contributed by atoms with Crippen molar-refractivity contribution in [2.75, 3.05) is 26.8 Å². The van der Waals surface area contributed by atoms with Crippen molar-refractivity contribution in [1.82, 2.24) is 5.32 Å². The number of aliphatic hydroxyl groups excluding tert-OH is 1. The summed E-state index contributed by atoms with van der Waals surface area (Å²) in [5, 5.41) is 11.8. The second-order valence-corrected chi connectivity index (χ2v) is 3.78. The van der Waals surface area contributed by atoms with Crippen molar-refractivity contribution in [2.24, 2.45) is 5.73 Å². The molecule has 0 amide bonds. The zero-order valence-corrected chi connectivity index (χ0v) is 8.84. The third kappa shape index (κ3) is 5.99. The number of nitrogens with two attached hydrogens (primary N) is 1. The molecule has 0 radical (unpaired) electrons. The Kier molecular flexibility index (Phi) is 6.24. The highest BCUT2D eigenvalue weighted by atomic mass is 16.5. The number of hydrogen-bond donors (Lipinski definition) is 3. The molecular weight excluding hydrogens is 168 g/mol. The van der Waals surface area contributed by atoms with Gasteiger partial charge in [0.05, 0.1) is 12.2 Å². The minimum atomic E-state index is -0.160. The van der Waals surface area contributed by atoms with Crippen LogP contribution in [0.4, 0.5) is 0 Å². The van der Waals surface area contributed by atoms with Gasteiger partial charge in [0, 0.05) is 26.2 Å². The SMILES string of the molecule is COC(C)(C)CC(CN)NCCO. The van der Waals surface area contributed by atoms with Gasteiger partial charge in [-0.2, -0.15) is 0 Å². The van der Waals surface area contributed by atoms with E-state index < -0.39 is 0 Å². The van der Waals surface area contributed by atoms with E-state index in [4.69, 9.17) is 15.6 Å². The number of methoxy groups -OCH3 is 1. The van der Waals surface area contributed by atoms with Gasteiger partial charge in [0.2, 0.25) is 0 Å². The zero-order chi connectivity index (χ0) is 10.3. The Morgan fingerprint density at radius 1 is 1.54 bits per heavy atom. The molecule has 0 aliphatic rings. The number of ether oxygens (including phenoxy) is 1. The van der Waals surface area contributed by atoms with Crippen LogP contribution in [-0.4, -0.2) is 43.6 Å². The van der Waals surface area contributed by atoms with Crippen molar-refractivity contribution in [3.63, 3.8) is 0 Å². The molecule has 0 aromatic carbocycles. The highest BCUT2D eigenvalue weighted by Crippen LogP contribution is 2.14. The maximum Gasteiger partial charge on any atom is 0.0638 e. The largest absolute Gasteiger partial charge is 0.395 e. The summed E-state index contributed by atoms with van der Waals surface area (Å²) < 4.78 is 5.29. The van der Waals surface area contributed by atoms with Crippen molar-refractivity contribution < 1.29 is 9.84 Å². The summed E-state index contributed by atoms with van der Waals surface area (Å²) in [6, 6.07) is 0.210. The average molecular weight is 190 g/mol. The van der Waals surface area contributed by atoms with Crippen molar-refractivity contribution in [1.29, 1.82) is 0 Å². The predicted octanol–water partition coefficient (Wildman–Crippen LogP) is -0.289. The Morgan fingerprint density at radius 3 is 2.54 bits per heavy atom. The lowest BCUT2D eigenvalue weighted by molar-refractivity contribution is 0.00750. The lowest BCUT2D eigenvalue weighted by Gasteiger charge is -2.28. The molecule has 0 aliphatic heterocycles. The molecule has 0 rings (SSSR count). The fraction of sp³-hybridized carbons (Fsp3) is 1.00. The predicted molar refractivity (Wildman–Crippen MR) is 53.6 cm³/mol. The molecule has 4 N–H and O–H groups in total. The van der Waals surface area contributed by atoms with E-state index in [-0.39, 0.29) is 18.2 Å². The Labute approximate surface area is 80.5 Å². The van der Waals surface area contributed by atoms with Gasteiger partial charge in [0.25, 0.3) is 0 Å². The maximum absolute atomic E-state index is 8.63. The Morgan fingerprint density at radius 2 is 2.15 bits per heavy atom. The Balaban J connectivity index is 3.82. The van der Waals surface area contributed by atoms with E-state index in [1.54, 1.807) is 7.11 Å². The average Bonchev–Trinajstić information content (AvgIpc) is 2.12. The highest BCUT2D eigenvalue weighted by molar-refractivity contribution is 4.78. The van der Waals surface area contributed by atoms with E-state index in [0.29, 0.717) is 13.1 Å². The Hall–Kier alpha value is -0.160. The molecule has 0 heterocycles. The molecule has 1 unspecified atom stereocenters. The van der Waals surface area contributed by atoms with E-state index in [2.05, 4.69) is 5.32 Å². The lowest BCUT2D eigenvalue weighted by Crippen LogP contribution is -2.43. The second-order valence-electron chi connectivity index (χ2n) is 3.78. The van der Waals surface area contributed by atoms with Crippen molar-refractivity contribution in [3.8, 4) is 0 Å². The smallest absolute Gasteiger partial charge is 0.0638 e. The molecule has 0 spiro atoms. The molecule has 0 saturated carbocycles. The van der Waals surface area contributed by atoms with Crippen LogP contribution >= 0.6 is 0 Å². The van der Waals surface area contributed by atoms with Crippen LogP contribution in [0.2, 0.25) is 0 Å². The minimum Gasteiger partial charge on any atom is -0.395 e. The lowest BCUT2D eigenvalue weighted by atomic mass is 9.99. The van der Waals surface area contributed by atoms with E-state index >= 15 is 0 Å². The van der Waals surface area contributed by atoms with E-state index in [9.17, 15) is 0 Å². The quantitative estimate of drug-likeness (QED) is 0.516. The first kappa shape index (κ1) is 12.8. The molecule has 1 atom stereocenters. The van der Waals surface area contributed by atoms with Gasteiger partial charge in [0.1, 0.15) is 0 Å². The number of hydrogen-bond acceptors (Lipinski definition) is 4. The minimum absolute atomic E-state index is 0.143. The van der Waals surface area contributed by atoms with Gasteiger partial charge < -0.3 is 20.9 Å². The van der Waals surface area contributed by atoms with Crippen LogP contribution in [0.5, 0.6) is 0 Å². The summed E-state index contributed by atoms with van der Waals surface area (Å²) >= 11 is 0. The zero-order valence-electron chi connectivity index (χ0n) is 8.84. The summed E-state index contributed by atoms with van der Waals surface area (Å²) in [5.74, 6) is 0. The van der Waals surface area contributed by atoms with Crippen LogP contribution in [0.3, 0.4) is 0 Å². The van der Waals surface area contributed by atoms with Gasteiger partial charge in [-0.3, -0.25) is 0 Å². The molecule has 0 fully saturated rings. The fourth-order valence-electron chi connectivity index (χ4n) is 1.18. The van der Waals surface area contributed by atoms with Gasteiger partial charge in [-0.25, -0.2) is 0 Å². The van der Waals surface area contributed by atoms with Crippen LogP contribution < -0.4 is 11.1 Å². The molecule has 0 bridgehead atoms. The van der Waals surface area contributed by atoms with Crippen molar-refractivity contribution in [3.05, 3.63) is 0 Å². The molecule has 0 aromatic heterocycles. The summed E-state index contributed by atoms with van der Waals surface area (Å²) in [7, 11) is 1.69. The summed E-state index contributed by atoms with van der Waals surface area (Å²) in [6.45, 7) is 5.34. The summed E-state index contributed by atoms with van der Waals surface area (Å²) in [6.07, 6.45) is 0.847. The normalized spacial score (nSPS) is 14.5. The topological polar surface area (TPSA) is 67.5 Å². The first-order valence-corrected chi connectivity index (χ1v) is 4.65. The van der Waals surface area contributed by atoms with Crippen LogP contribution in [0.25, 0.3) is 0 Å². The first-order chi connectivity index (χ1) is 6.05. The van der Waals surface area contributed by atoms with Gasteiger partial charge in [-0.15, -0.1) is 0 Å². The molecule has 0 saturated heterocycles. The maximum atomic E-state index is 8.63. The van der Waals surface area contributed by atoms with Gasteiger partial charge in [-0.05, 0) is 20.3 Å². The number of nitrogens with one attached hydrogen (secondary N) is 1. The highest BCUT2D eigenvalue weighted by Gasteiger charge is 2.21. The third-order valence-electron chi connectivity index (χ3n) is 2.12. The Bertz CT molecular complexity index is 129. The standard InChI is InChI=1S/C9H22N2O2/c1-9(2,13-3)6-8(7-10)11-4-5-12/h8,11-12H,4-7,10H2,1-3H3. The van der Waals surface area contributed by atoms with Crippen LogP contribution in [0.1, 0.15) is 20.3 Å². The second kappa shape index (κ2) is 6.32. The van der Waals surface area contributed by atoms with Crippen LogP contribution in [-0.2, 0) is 4.74 Å². The van der Waals surface area contributed by atoms with Crippen molar-refractivity contribution in [2.45, 2.75) is 31.9 Å². The third-order valence-corrected chi connectivity index (χ3v) is 2.12. The van der Waals surface area contributed by atoms with Gasteiger partial charge in [0.15, 0.2) is 0 Å². The fourth-order valence-corrected chi connectivity index (χ4v) is 1.18. The van der Waals surface area contributed by atoms with Gasteiger partial charge in [-0.1, -0.05) is 0 Å². The van der Waals surface area contributed by atoms with Crippen molar-refractivity contribution >= 4 is 0 Å². The first-order valence-electron chi connectivity index (χ1n) is 4.65. The van der Waals surface area contributed by atoms with E-state index in [1.807, 2.05) is 13.8 Å². The monoisotopic (exact) mass is 190 g/mol. The van der Waals surface area contributed by atoms with Crippen LogP contribution in [0.15, 0.2) is 0 Å².